The summed E-state index contributed by atoms with van der Waals surface area (Å²) in [4.78, 5) is 203. The van der Waals surface area contributed by atoms with Crippen LogP contribution in [0.25, 0.3) is 10.9 Å². The Kier molecular flexibility index (Phi) is 42.8. The number of hydrogen-bond donors (Lipinski definition) is 24. The Balaban J connectivity index is 1.37. The number of aromatic nitrogens is 1. The molecule has 0 unspecified atom stereocenters. The van der Waals surface area contributed by atoms with Crippen molar-refractivity contribution >= 4 is 130 Å². The third-order valence-corrected chi connectivity index (χ3v) is 20.8. The minimum atomic E-state index is -1.83. The minimum Gasteiger partial charge on any atom is -0.480 e. The van der Waals surface area contributed by atoms with Gasteiger partial charge in [0.1, 0.15) is 78.5 Å². The van der Waals surface area contributed by atoms with Gasteiger partial charge in [-0.3, -0.25) is 73.1 Å². The zero-order valence-corrected chi connectivity index (χ0v) is 71.4. The van der Waals surface area contributed by atoms with Crippen LogP contribution >= 0.6 is 24.4 Å². The lowest BCUT2D eigenvalue weighted by molar-refractivity contribution is -0.143. The van der Waals surface area contributed by atoms with Gasteiger partial charge in [-0.2, -0.15) is 24.4 Å². The Morgan fingerprint density at radius 1 is 0.488 bits per heavy atom. The van der Waals surface area contributed by atoms with E-state index in [0.717, 1.165) is 0 Å². The van der Waals surface area contributed by atoms with E-state index in [-0.39, 0.29) is 126 Å². The van der Waals surface area contributed by atoms with E-state index in [1.807, 2.05) is 6.26 Å². The van der Waals surface area contributed by atoms with E-state index < -0.39 is 181 Å². The number of nitrogens with zero attached hydrogens (tertiary/aromatic N) is 1. The molecule has 1 aliphatic rings. The highest BCUT2D eigenvalue weighted by molar-refractivity contribution is 7.98. The molecular formula is C81H123N21O17S2. The van der Waals surface area contributed by atoms with E-state index in [2.05, 4.69) is 92.0 Å². The summed E-state index contributed by atoms with van der Waals surface area (Å²) < 4.78 is 0. The zero-order valence-electron chi connectivity index (χ0n) is 69.7. The molecule has 4 aromatic rings. The van der Waals surface area contributed by atoms with Gasteiger partial charge in [0.2, 0.25) is 76.8 Å². The van der Waals surface area contributed by atoms with Crippen molar-refractivity contribution in [2.75, 3.05) is 50.6 Å². The maximum Gasteiger partial charge on any atom is 0.326 e. The number of likely N-dealkylation sites (tertiary alicyclic amines) is 1. The predicted molar refractivity (Wildman–Crippen MR) is 459 cm³/mol. The van der Waals surface area contributed by atoms with E-state index in [0.29, 0.717) is 46.2 Å². The maximum atomic E-state index is 14.9. The van der Waals surface area contributed by atoms with Gasteiger partial charge >= 0.3 is 5.97 Å². The first kappa shape index (κ1) is 100. The number of nitrogens with two attached hydrogens (primary N) is 3. The normalized spacial score (nSPS) is 15.8. The van der Waals surface area contributed by atoms with Crippen molar-refractivity contribution in [1.29, 1.82) is 10.8 Å². The lowest BCUT2D eigenvalue weighted by Gasteiger charge is -2.30. The standard InChI is InChI=1S/C81H123N21O17S2/c1-44(2)34-56(94-68(107)54(26-17-30-87-80(83)84)91-77(116)65-28-19-32-102(65)78(117)64(43-120)101-67(106)52(82)29-33-121-8)70(109)95-57(35-45(3)4)71(110)97-60(38-49-22-13-10-14-23-49)74(113)100-63(42-104)76(115)98-61(39-50-40-89-53-25-16-15-24-51(50)53)69(108)90-47(7)66(105)93-59(37-48-20-11-9-12-21-48)73(112)96-58(36-46(5)6)72(111)99-62(41-103)75(114)92-55(79(118)119)27-18-31-88-81(85)86/h9-16,20-25,40,44-47,52,54-65,89,103-104,120H,17-19,26-39,41-43,82H2,1-8H3,(H,90,108)(H,91,116)(H,92,114)(H,93,105)(H,94,107)(H,95,109)(H,96,112)(H,97,110)(H,98,115)(H,99,111)(H,100,113)(H,101,106)(H,118,119)(H4,83,84,87)(H4,85,86,88)/t47-,52-,54-,55-,56-,57-,58-,59-,60-,61-,62-,63-,64-,65-/m0/s1. The first-order valence-electron chi connectivity index (χ1n) is 40.5. The molecule has 3 aromatic carbocycles. The highest BCUT2D eigenvalue weighted by Crippen LogP contribution is 2.23. The number of thioether (sulfide) groups is 1. The number of nitrogens with one attached hydrogen (secondary N) is 17. The summed E-state index contributed by atoms with van der Waals surface area (Å²) in [6.45, 7) is 10.3. The number of aliphatic hydroxyl groups is 2. The van der Waals surface area contributed by atoms with Crippen LogP contribution in [0.3, 0.4) is 0 Å². The van der Waals surface area contributed by atoms with Crippen LogP contribution in [-0.4, -0.2) is 255 Å². The molecule has 0 radical (unpaired) electrons. The summed E-state index contributed by atoms with van der Waals surface area (Å²) >= 11 is 5.83. The fourth-order valence-corrected chi connectivity index (χ4v) is 14.1. The van der Waals surface area contributed by atoms with Crippen LogP contribution in [0.5, 0.6) is 0 Å². The molecule has 1 saturated heterocycles. The molecule has 0 spiro atoms. The first-order chi connectivity index (χ1) is 57.5. The highest BCUT2D eigenvalue weighted by Gasteiger charge is 2.41. The van der Waals surface area contributed by atoms with Crippen molar-refractivity contribution in [3.8, 4) is 0 Å². The summed E-state index contributed by atoms with van der Waals surface area (Å²) in [6.07, 6.45) is 3.93. The molecule has 26 N–H and O–H groups in total. The molecule has 14 atom stereocenters. The van der Waals surface area contributed by atoms with Crippen LogP contribution in [0.4, 0.5) is 0 Å². The number of aliphatic hydroxyl groups excluding tert-OH is 2. The number of thiol groups is 1. The number of hydrogen-bond acceptors (Lipinski definition) is 21. The fraction of sp³-hybridized carbons (Fsp3) is 0.556. The van der Waals surface area contributed by atoms with Gasteiger partial charge in [-0.05, 0) is 124 Å². The summed E-state index contributed by atoms with van der Waals surface area (Å²) in [5.74, 6) is -13.6. The second-order valence-electron chi connectivity index (χ2n) is 31.2. The third kappa shape index (κ3) is 34.1. The van der Waals surface area contributed by atoms with Crippen LogP contribution in [0.1, 0.15) is 129 Å². The van der Waals surface area contributed by atoms with Gasteiger partial charge in [-0.1, -0.05) is 120 Å². The molecular weight excluding hydrogens is 1600 g/mol. The Hall–Kier alpha value is -11.1. The average molecular weight is 1730 g/mol. The topological polar surface area (TPSA) is 613 Å². The number of para-hydroxylation sites is 1. The van der Waals surface area contributed by atoms with Crippen molar-refractivity contribution in [1.82, 2.24) is 84.3 Å². The number of amides is 13. The molecule has 0 bridgehead atoms. The Labute approximate surface area is 713 Å². The number of carbonyl (C=O) groups excluding carboxylic acids is 13. The number of H-pyrrole nitrogens is 1. The molecule has 1 fully saturated rings. The second-order valence-corrected chi connectivity index (χ2v) is 32.5. The number of carboxylic acids is 1. The van der Waals surface area contributed by atoms with E-state index in [1.165, 1.54) is 23.6 Å². The Morgan fingerprint density at radius 2 is 0.876 bits per heavy atom. The summed E-state index contributed by atoms with van der Waals surface area (Å²) in [6, 6.07) is 4.29. The number of fused-ring (bicyclic) bond motifs is 1. The lowest BCUT2D eigenvalue weighted by Crippen LogP contribution is -2.61. The molecule has 121 heavy (non-hydrogen) atoms. The number of aliphatic carboxylic acids is 1. The molecule has 13 amide bonds. The van der Waals surface area contributed by atoms with Gasteiger partial charge in [0.05, 0.1) is 19.3 Å². The minimum absolute atomic E-state index is 0.0144. The molecule has 5 rings (SSSR count). The highest BCUT2D eigenvalue weighted by atomic mass is 32.2. The number of rotatable bonds is 52. The number of guanidine groups is 2. The van der Waals surface area contributed by atoms with Gasteiger partial charge in [0, 0.05) is 61.7 Å². The summed E-state index contributed by atoms with van der Waals surface area (Å²) in [5, 5.41) is 83.4. The second kappa shape index (κ2) is 51.5. The average Bonchev–Trinajstić information content (AvgIpc) is 1.68. The van der Waals surface area contributed by atoms with E-state index in [9.17, 15) is 82.4 Å². The molecule has 38 nitrogen and oxygen atoms in total. The Morgan fingerprint density at radius 3 is 1.32 bits per heavy atom. The van der Waals surface area contributed by atoms with Crippen LogP contribution in [0.2, 0.25) is 0 Å². The van der Waals surface area contributed by atoms with Crippen LogP contribution in [0.15, 0.2) is 91.1 Å². The van der Waals surface area contributed by atoms with E-state index in [1.54, 1.807) is 133 Å². The fourth-order valence-electron chi connectivity index (χ4n) is 13.4. The van der Waals surface area contributed by atoms with Gasteiger partial charge in [0.25, 0.3) is 0 Å². The van der Waals surface area contributed by atoms with Crippen LogP contribution in [-0.2, 0) is 86.4 Å². The molecule has 0 aliphatic carbocycles. The molecule has 1 aliphatic heterocycles. The van der Waals surface area contributed by atoms with Gasteiger partial charge in [-0.15, -0.1) is 0 Å². The monoisotopic (exact) mass is 1730 g/mol. The molecule has 0 saturated carbocycles. The predicted octanol–water partition coefficient (Wildman–Crippen LogP) is -2.23. The molecule has 666 valence electrons. The maximum absolute atomic E-state index is 14.9. The van der Waals surface area contributed by atoms with E-state index >= 15 is 0 Å². The van der Waals surface area contributed by atoms with Gasteiger partial charge in [0.15, 0.2) is 11.9 Å². The third-order valence-electron chi connectivity index (χ3n) is 19.8. The smallest absolute Gasteiger partial charge is 0.326 e. The first-order valence-corrected chi connectivity index (χ1v) is 42.5. The van der Waals surface area contributed by atoms with Crippen molar-refractivity contribution < 1.29 is 82.4 Å². The quantitative estimate of drug-likeness (QED) is 0.00963. The number of carbonyl (C=O) groups is 14. The van der Waals surface area contributed by atoms with Crippen molar-refractivity contribution in [3.05, 3.63) is 108 Å². The summed E-state index contributed by atoms with van der Waals surface area (Å²) in [7, 11) is 0. The Bertz CT molecular complexity index is 4150. The number of carboxylic acid groups (broad SMARTS) is 1. The van der Waals surface area contributed by atoms with Gasteiger partial charge in [-0.25, -0.2) is 4.79 Å². The largest absolute Gasteiger partial charge is 0.480 e. The lowest BCUT2D eigenvalue weighted by atomic mass is 9.98. The molecule has 1 aromatic heterocycles. The molecule has 40 heteroatoms. The number of aromatic amines is 1. The zero-order chi connectivity index (χ0) is 89.6. The van der Waals surface area contributed by atoms with Crippen molar-refractivity contribution in [2.24, 2.45) is 35.0 Å². The van der Waals surface area contributed by atoms with Crippen LogP contribution in [0, 0.1) is 28.6 Å². The summed E-state index contributed by atoms with van der Waals surface area (Å²) in [5.41, 5.74) is 19.2. The number of benzene rings is 3. The van der Waals surface area contributed by atoms with Crippen molar-refractivity contribution in [3.63, 3.8) is 0 Å². The van der Waals surface area contributed by atoms with Gasteiger partial charge < -0.3 is 117 Å². The SMILES string of the molecule is CSCC[C@H](N)C(=O)N[C@@H](CS)C(=O)N1CCC[C@H]1C(=O)N[C@@H](CCCNC(=N)N)C(=O)N[C@@H](CC(C)C)C(=O)N[C@@H](CC(C)C)C(=O)N[C@@H](Cc1ccccc1)C(=O)N[C@@H](CO)C(=O)N[C@@H](Cc1c[nH]c2ccccc12)C(=O)N[C@@H](C)C(=O)N[C@@H](Cc1ccccc1)C(=O)N[C@@H](CC(C)C)C(=O)N[C@@H](CO)C(=O)N[C@@H](CCCNC(=N)N)C(=O)O. The van der Waals surface area contributed by atoms with Crippen LogP contribution < -0.4 is 91.6 Å². The molecule has 2 heterocycles. The van der Waals surface area contributed by atoms with Crippen molar-refractivity contribution in [2.45, 2.75) is 217 Å². The van der Waals surface area contributed by atoms with E-state index in [4.69, 9.17) is 28.0 Å².